The van der Waals surface area contributed by atoms with Gasteiger partial charge in [-0.25, -0.2) is 4.79 Å². The largest absolute Gasteiger partial charge is 0.444 e. The first-order chi connectivity index (χ1) is 9.81. The molecule has 0 bridgehead atoms. The summed E-state index contributed by atoms with van der Waals surface area (Å²) in [5, 5.41) is 11.6. The Hall–Kier alpha value is -2.48. The molecule has 0 aromatic heterocycles. The minimum absolute atomic E-state index is 0.421. The molecule has 5 nitrogen and oxygen atoms in total. The number of nitrogens with zero attached hydrogens (tertiary/aromatic N) is 1. The number of hydrogen-bond donors (Lipinski definition) is 2. The van der Waals surface area contributed by atoms with Crippen molar-refractivity contribution >= 4 is 17.9 Å². The molecule has 0 atom stereocenters. The smallest absolute Gasteiger partial charge is 0.407 e. The van der Waals surface area contributed by atoms with Crippen LogP contribution in [0.5, 0.6) is 0 Å². The summed E-state index contributed by atoms with van der Waals surface area (Å²) < 4.78 is 5.12. The van der Waals surface area contributed by atoms with E-state index in [0.717, 1.165) is 5.56 Å². The molecular formula is C16H21N3O2. The maximum atomic E-state index is 11.4. The molecule has 112 valence electrons. The Morgan fingerprint density at radius 3 is 2.81 bits per heavy atom. The lowest BCUT2D eigenvalue weighted by Crippen LogP contribution is -2.32. The molecular weight excluding hydrogens is 266 g/mol. The first-order valence-electron chi connectivity index (χ1n) is 6.75. The van der Waals surface area contributed by atoms with Crippen molar-refractivity contribution in [1.29, 1.82) is 5.26 Å². The molecule has 1 amide bonds. The monoisotopic (exact) mass is 287 g/mol. The normalized spacial score (nSPS) is 11.1. The molecule has 0 fully saturated rings. The van der Waals surface area contributed by atoms with Gasteiger partial charge in [0.2, 0.25) is 0 Å². The summed E-state index contributed by atoms with van der Waals surface area (Å²) in [5.41, 5.74) is 7.00. The number of rotatable bonds is 4. The van der Waals surface area contributed by atoms with E-state index in [1.54, 1.807) is 12.1 Å². The van der Waals surface area contributed by atoms with Crippen molar-refractivity contribution in [3.8, 4) is 6.07 Å². The molecule has 0 radical (unpaired) electrons. The van der Waals surface area contributed by atoms with Gasteiger partial charge in [0.05, 0.1) is 5.56 Å². The van der Waals surface area contributed by atoms with Crippen LogP contribution in [0.4, 0.5) is 10.5 Å². The molecule has 3 N–H and O–H groups in total. The minimum Gasteiger partial charge on any atom is -0.444 e. The van der Waals surface area contributed by atoms with Crippen LogP contribution in [-0.2, 0) is 4.74 Å². The molecule has 0 aliphatic rings. The van der Waals surface area contributed by atoms with Gasteiger partial charge in [-0.15, -0.1) is 0 Å². The number of nitrogens with one attached hydrogen (secondary N) is 1. The molecule has 0 saturated heterocycles. The van der Waals surface area contributed by atoms with Crippen molar-refractivity contribution in [3.05, 3.63) is 35.4 Å². The molecule has 21 heavy (non-hydrogen) atoms. The first kappa shape index (κ1) is 16.6. The van der Waals surface area contributed by atoms with Crippen molar-refractivity contribution in [3.63, 3.8) is 0 Å². The number of benzene rings is 1. The highest BCUT2D eigenvalue weighted by Crippen LogP contribution is 2.14. The number of nitriles is 1. The van der Waals surface area contributed by atoms with E-state index >= 15 is 0 Å². The van der Waals surface area contributed by atoms with Gasteiger partial charge in [-0.05, 0) is 44.9 Å². The maximum absolute atomic E-state index is 11.4. The van der Waals surface area contributed by atoms with E-state index in [4.69, 9.17) is 15.7 Å². The number of nitrogens with two attached hydrogens (primary N) is 1. The summed E-state index contributed by atoms with van der Waals surface area (Å²) >= 11 is 0. The lowest BCUT2D eigenvalue weighted by atomic mass is 10.1. The zero-order valence-corrected chi connectivity index (χ0v) is 12.6. The fraction of sp³-hybridized carbons (Fsp3) is 0.375. The fourth-order valence-corrected chi connectivity index (χ4v) is 1.57. The quantitative estimate of drug-likeness (QED) is 0.658. The molecule has 1 rings (SSSR count). The maximum Gasteiger partial charge on any atom is 0.407 e. The highest BCUT2D eigenvalue weighted by atomic mass is 16.6. The second kappa shape index (κ2) is 7.34. The van der Waals surface area contributed by atoms with E-state index in [-0.39, 0.29) is 0 Å². The average Bonchev–Trinajstić information content (AvgIpc) is 2.38. The summed E-state index contributed by atoms with van der Waals surface area (Å²) in [6.45, 7) is 5.95. The Morgan fingerprint density at radius 2 is 2.19 bits per heavy atom. The highest BCUT2D eigenvalue weighted by molar-refractivity contribution is 5.67. The number of alkyl carbamates (subject to hydrolysis) is 1. The topological polar surface area (TPSA) is 88.1 Å². The lowest BCUT2D eigenvalue weighted by Gasteiger charge is -2.19. The van der Waals surface area contributed by atoms with Crippen molar-refractivity contribution in [1.82, 2.24) is 5.32 Å². The summed E-state index contributed by atoms with van der Waals surface area (Å²) in [5.74, 6) is 0. The van der Waals surface area contributed by atoms with Gasteiger partial charge in [0.25, 0.3) is 0 Å². The fourth-order valence-electron chi connectivity index (χ4n) is 1.57. The highest BCUT2D eigenvalue weighted by Gasteiger charge is 2.15. The van der Waals surface area contributed by atoms with Crippen LogP contribution >= 0.6 is 0 Å². The predicted octanol–water partition coefficient (Wildman–Crippen LogP) is 3.07. The molecule has 1 aromatic rings. The van der Waals surface area contributed by atoms with Crippen molar-refractivity contribution < 1.29 is 9.53 Å². The third-order valence-electron chi connectivity index (χ3n) is 2.49. The van der Waals surface area contributed by atoms with E-state index < -0.39 is 11.7 Å². The zero-order chi connectivity index (χ0) is 15.9. The van der Waals surface area contributed by atoms with Gasteiger partial charge in [0.15, 0.2) is 0 Å². The van der Waals surface area contributed by atoms with Crippen LogP contribution in [0.2, 0.25) is 0 Å². The van der Waals surface area contributed by atoms with Crippen LogP contribution < -0.4 is 11.1 Å². The van der Waals surface area contributed by atoms with Crippen LogP contribution in [-0.4, -0.2) is 18.2 Å². The van der Waals surface area contributed by atoms with Gasteiger partial charge in [-0.3, -0.25) is 0 Å². The minimum atomic E-state index is -0.489. The lowest BCUT2D eigenvalue weighted by molar-refractivity contribution is 0.0529. The molecule has 1 aromatic carbocycles. The van der Waals surface area contributed by atoms with Crippen LogP contribution in [0.15, 0.2) is 24.3 Å². The molecule has 0 aliphatic heterocycles. The average molecular weight is 287 g/mol. The first-order valence-corrected chi connectivity index (χ1v) is 6.75. The molecule has 0 heterocycles. The molecule has 0 aliphatic carbocycles. The third kappa shape index (κ3) is 6.48. The van der Waals surface area contributed by atoms with Crippen LogP contribution in [0.1, 0.15) is 38.3 Å². The number of nitrogen functional groups attached to an aromatic ring is 1. The Morgan fingerprint density at radius 1 is 1.48 bits per heavy atom. The van der Waals surface area contributed by atoms with Gasteiger partial charge in [-0.1, -0.05) is 18.2 Å². The molecule has 0 spiro atoms. The van der Waals surface area contributed by atoms with Crippen molar-refractivity contribution in [2.24, 2.45) is 0 Å². The number of carbonyl (C=O) groups excluding carboxylic acids is 1. The van der Waals surface area contributed by atoms with Gasteiger partial charge < -0.3 is 15.8 Å². The van der Waals surface area contributed by atoms with Crippen molar-refractivity contribution in [2.75, 3.05) is 12.3 Å². The summed E-state index contributed by atoms with van der Waals surface area (Å²) in [6, 6.07) is 7.32. The summed E-state index contributed by atoms with van der Waals surface area (Å²) in [4.78, 5) is 11.4. The SMILES string of the molecule is CC(C)(C)OC(=O)NCCC=Cc1ccc(N)c(C#N)c1. The standard InChI is InChI=1S/C16H21N3O2/c1-16(2,3)21-15(20)19-9-5-4-6-12-7-8-14(18)13(10-12)11-17/h4,6-8,10H,5,9,18H2,1-3H3,(H,19,20). The number of hydrogen-bond acceptors (Lipinski definition) is 4. The number of ether oxygens (including phenoxy) is 1. The molecule has 0 saturated carbocycles. The van der Waals surface area contributed by atoms with E-state index in [1.165, 1.54) is 0 Å². The van der Waals surface area contributed by atoms with Crippen molar-refractivity contribution in [2.45, 2.75) is 32.8 Å². The Balaban J connectivity index is 2.39. The molecule has 5 heteroatoms. The second-order valence-electron chi connectivity index (χ2n) is 5.58. The second-order valence-corrected chi connectivity index (χ2v) is 5.58. The van der Waals surface area contributed by atoms with Crippen LogP contribution in [0.3, 0.4) is 0 Å². The van der Waals surface area contributed by atoms with E-state index in [1.807, 2.05) is 45.1 Å². The van der Waals surface area contributed by atoms with Crippen LogP contribution in [0, 0.1) is 11.3 Å². The number of anilines is 1. The van der Waals surface area contributed by atoms with Gasteiger partial charge in [-0.2, -0.15) is 5.26 Å². The molecule has 0 unspecified atom stereocenters. The Kier molecular flexibility index (Phi) is 5.79. The van der Waals surface area contributed by atoms with E-state index in [0.29, 0.717) is 24.2 Å². The third-order valence-corrected chi connectivity index (χ3v) is 2.49. The number of amides is 1. The van der Waals surface area contributed by atoms with Gasteiger partial charge in [0.1, 0.15) is 11.7 Å². The Bertz CT molecular complexity index is 566. The van der Waals surface area contributed by atoms with Gasteiger partial charge >= 0.3 is 6.09 Å². The zero-order valence-electron chi connectivity index (χ0n) is 12.6. The number of carbonyl (C=O) groups is 1. The van der Waals surface area contributed by atoms with Gasteiger partial charge in [0, 0.05) is 12.2 Å². The predicted molar refractivity (Wildman–Crippen MR) is 83.5 cm³/mol. The van der Waals surface area contributed by atoms with E-state index in [9.17, 15) is 4.79 Å². The van der Waals surface area contributed by atoms with Crippen LogP contribution in [0.25, 0.3) is 6.08 Å². The summed E-state index contributed by atoms with van der Waals surface area (Å²) in [6.07, 6.45) is 4.06. The Labute approximate surface area is 125 Å². The summed E-state index contributed by atoms with van der Waals surface area (Å²) in [7, 11) is 0. The van der Waals surface area contributed by atoms with E-state index in [2.05, 4.69) is 5.32 Å².